The van der Waals surface area contributed by atoms with Crippen molar-refractivity contribution in [2.75, 3.05) is 0 Å². The van der Waals surface area contributed by atoms with Crippen LogP contribution in [-0.2, 0) is 4.74 Å². The molecule has 0 spiro atoms. The van der Waals surface area contributed by atoms with Gasteiger partial charge in [0, 0.05) is 12.8 Å². The SMILES string of the molecule is C=C(C)/C=C\C(=C)OC1CC(F)(F)C1. The average molecular weight is 200 g/mol. The fourth-order valence-corrected chi connectivity index (χ4v) is 1.18. The minimum Gasteiger partial charge on any atom is -0.491 e. The van der Waals surface area contributed by atoms with Crippen LogP contribution < -0.4 is 0 Å². The Morgan fingerprint density at radius 3 is 2.36 bits per heavy atom. The van der Waals surface area contributed by atoms with Crippen LogP contribution in [0.4, 0.5) is 8.78 Å². The third-order valence-corrected chi connectivity index (χ3v) is 1.92. The molecule has 78 valence electrons. The summed E-state index contributed by atoms with van der Waals surface area (Å²) in [4.78, 5) is 0. The third-order valence-electron chi connectivity index (χ3n) is 1.92. The molecule has 1 aliphatic rings. The Labute approximate surface area is 82.8 Å². The van der Waals surface area contributed by atoms with Gasteiger partial charge in [-0.05, 0) is 13.0 Å². The molecule has 1 aliphatic carbocycles. The fourth-order valence-electron chi connectivity index (χ4n) is 1.18. The molecule has 0 N–H and O–H groups in total. The average Bonchev–Trinajstić information content (AvgIpc) is 1.97. The number of alkyl halides is 2. The van der Waals surface area contributed by atoms with E-state index in [1.54, 1.807) is 12.2 Å². The molecule has 0 bridgehead atoms. The molecule has 0 amide bonds. The lowest BCUT2D eigenvalue weighted by molar-refractivity contribution is -0.149. The summed E-state index contributed by atoms with van der Waals surface area (Å²) in [5, 5.41) is 0. The van der Waals surface area contributed by atoms with Crippen LogP contribution >= 0.6 is 0 Å². The Morgan fingerprint density at radius 1 is 1.36 bits per heavy atom. The van der Waals surface area contributed by atoms with E-state index in [9.17, 15) is 8.78 Å². The minimum absolute atomic E-state index is 0.201. The first-order valence-corrected chi connectivity index (χ1v) is 4.46. The number of ether oxygens (including phenoxy) is 1. The van der Waals surface area contributed by atoms with Gasteiger partial charge in [0.1, 0.15) is 11.9 Å². The highest BCUT2D eigenvalue weighted by atomic mass is 19.3. The van der Waals surface area contributed by atoms with Crippen molar-refractivity contribution < 1.29 is 13.5 Å². The van der Waals surface area contributed by atoms with Gasteiger partial charge >= 0.3 is 0 Å². The molecule has 0 aromatic rings. The van der Waals surface area contributed by atoms with Crippen molar-refractivity contribution in [2.45, 2.75) is 31.8 Å². The molecule has 1 nitrogen and oxygen atoms in total. The van der Waals surface area contributed by atoms with Crippen molar-refractivity contribution in [2.24, 2.45) is 0 Å². The highest BCUT2D eigenvalue weighted by Crippen LogP contribution is 2.40. The van der Waals surface area contributed by atoms with E-state index in [0.29, 0.717) is 5.76 Å². The van der Waals surface area contributed by atoms with Gasteiger partial charge in [-0.3, -0.25) is 0 Å². The summed E-state index contributed by atoms with van der Waals surface area (Å²) in [6, 6.07) is 0. The van der Waals surface area contributed by atoms with Crippen molar-refractivity contribution in [1.82, 2.24) is 0 Å². The molecule has 0 heterocycles. The molecule has 0 aromatic carbocycles. The van der Waals surface area contributed by atoms with Crippen molar-refractivity contribution >= 4 is 0 Å². The highest BCUT2D eigenvalue weighted by Gasteiger charge is 2.46. The number of allylic oxidation sites excluding steroid dienone is 3. The topological polar surface area (TPSA) is 9.23 Å². The lowest BCUT2D eigenvalue weighted by Gasteiger charge is -2.34. The summed E-state index contributed by atoms with van der Waals surface area (Å²) in [5.41, 5.74) is 0.869. The van der Waals surface area contributed by atoms with E-state index in [1.165, 1.54) is 0 Å². The maximum absolute atomic E-state index is 12.4. The van der Waals surface area contributed by atoms with Crippen LogP contribution in [0.3, 0.4) is 0 Å². The molecule has 0 saturated heterocycles. The second-order valence-electron chi connectivity index (χ2n) is 3.65. The fraction of sp³-hybridized carbons (Fsp3) is 0.455. The quantitative estimate of drug-likeness (QED) is 0.499. The molecule has 1 fully saturated rings. The summed E-state index contributed by atoms with van der Waals surface area (Å²) in [5.74, 6) is -2.13. The summed E-state index contributed by atoms with van der Waals surface area (Å²) in [6.45, 7) is 9.10. The second kappa shape index (κ2) is 3.95. The monoisotopic (exact) mass is 200 g/mol. The van der Waals surface area contributed by atoms with Gasteiger partial charge in [-0.1, -0.05) is 24.8 Å². The first-order valence-electron chi connectivity index (χ1n) is 4.46. The Morgan fingerprint density at radius 2 is 1.93 bits per heavy atom. The molecule has 0 aromatic heterocycles. The maximum Gasteiger partial charge on any atom is 0.255 e. The largest absolute Gasteiger partial charge is 0.491 e. The van der Waals surface area contributed by atoms with Gasteiger partial charge in [0.25, 0.3) is 5.92 Å². The third kappa shape index (κ3) is 3.32. The molecule has 0 atom stereocenters. The lowest BCUT2D eigenvalue weighted by Crippen LogP contribution is -2.40. The van der Waals surface area contributed by atoms with Crippen LogP contribution in [0, 0.1) is 0 Å². The molecule has 0 aliphatic heterocycles. The summed E-state index contributed by atoms with van der Waals surface area (Å²) >= 11 is 0. The van der Waals surface area contributed by atoms with E-state index < -0.39 is 5.92 Å². The van der Waals surface area contributed by atoms with Gasteiger partial charge in [0.15, 0.2) is 0 Å². The first-order chi connectivity index (χ1) is 6.39. The normalized spacial score (nSPS) is 20.5. The Bertz CT molecular complexity index is 271. The van der Waals surface area contributed by atoms with Gasteiger partial charge in [-0.2, -0.15) is 0 Å². The highest BCUT2D eigenvalue weighted by molar-refractivity contribution is 5.19. The van der Waals surface area contributed by atoms with E-state index in [2.05, 4.69) is 13.2 Å². The van der Waals surface area contributed by atoms with Crippen molar-refractivity contribution in [3.8, 4) is 0 Å². The van der Waals surface area contributed by atoms with Crippen molar-refractivity contribution in [1.29, 1.82) is 0 Å². The van der Waals surface area contributed by atoms with Crippen LogP contribution in [0.15, 0.2) is 36.6 Å². The molecule has 0 radical (unpaired) electrons. The van der Waals surface area contributed by atoms with E-state index in [0.717, 1.165) is 5.57 Å². The van der Waals surface area contributed by atoms with Gasteiger partial charge < -0.3 is 4.74 Å². The standard InChI is InChI=1S/C11H14F2O/c1-8(2)4-5-9(3)14-10-6-11(12,13)7-10/h4-5,10H,1,3,6-7H2,2H3/b5-4-. The van der Waals surface area contributed by atoms with Gasteiger partial charge in [-0.25, -0.2) is 8.78 Å². The zero-order valence-electron chi connectivity index (χ0n) is 8.22. The van der Waals surface area contributed by atoms with Crippen molar-refractivity contribution in [3.63, 3.8) is 0 Å². The Hall–Kier alpha value is -1.12. The molecule has 1 saturated carbocycles. The van der Waals surface area contributed by atoms with E-state index in [-0.39, 0.29) is 18.9 Å². The number of hydrogen-bond donors (Lipinski definition) is 0. The molecule has 3 heteroatoms. The van der Waals surface area contributed by atoms with Crippen LogP contribution in [0.25, 0.3) is 0 Å². The Balaban J connectivity index is 2.26. The summed E-state index contributed by atoms with van der Waals surface area (Å²) in [7, 11) is 0. The zero-order chi connectivity index (χ0) is 10.8. The molecular formula is C11H14F2O. The predicted molar refractivity (Wildman–Crippen MR) is 52.1 cm³/mol. The van der Waals surface area contributed by atoms with E-state index >= 15 is 0 Å². The lowest BCUT2D eigenvalue weighted by atomic mass is 9.91. The van der Waals surface area contributed by atoms with Crippen LogP contribution in [0.2, 0.25) is 0 Å². The zero-order valence-corrected chi connectivity index (χ0v) is 8.22. The van der Waals surface area contributed by atoms with E-state index in [1.807, 2.05) is 6.92 Å². The predicted octanol–water partition coefficient (Wildman–Crippen LogP) is 3.45. The first kappa shape index (κ1) is 11.0. The number of hydrogen-bond acceptors (Lipinski definition) is 1. The summed E-state index contributed by atoms with van der Waals surface area (Å²) in [6.07, 6.45) is 2.59. The van der Waals surface area contributed by atoms with Crippen molar-refractivity contribution in [3.05, 3.63) is 36.6 Å². The van der Waals surface area contributed by atoms with Gasteiger partial charge in [0.05, 0.1) is 0 Å². The number of rotatable bonds is 4. The van der Waals surface area contributed by atoms with Gasteiger partial charge in [0.2, 0.25) is 0 Å². The molecule has 14 heavy (non-hydrogen) atoms. The smallest absolute Gasteiger partial charge is 0.255 e. The Kier molecular flexibility index (Phi) is 3.09. The molecular weight excluding hydrogens is 186 g/mol. The van der Waals surface area contributed by atoms with Crippen LogP contribution in [0.1, 0.15) is 19.8 Å². The molecule has 0 unspecified atom stereocenters. The number of halogens is 2. The second-order valence-corrected chi connectivity index (χ2v) is 3.65. The van der Waals surface area contributed by atoms with E-state index in [4.69, 9.17) is 4.74 Å². The minimum atomic E-state index is -2.54. The van der Waals surface area contributed by atoms with Gasteiger partial charge in [-0.15, -0.1) is 0 Å². The maximum atomic E-state index is 12.4. The summed E-state index contributed by atoms with van der Waals surface area (Å²) < 4.78 is 30.0. The van der Waals surface area contributed by atoms with Crippen LogP contribution in [0.5, 0.6) is 0 Å². The van der Waals surface area contributed by atoms with Crippen LogP contribution in [-0.4, -0.2) is 12.0 Å². The molecule has 1 rings (SSSR count).